The Morgan fingerprint density at radius 2 is 2.20 bits per heavy atom. The van der Waals surface area contributed by atoms with Gasteiger partial charge < -0.3 is 5.32 Å². The lowest BCUT2D eigenvalue weighted by Gasteiger charge is -2.07. The molecule has 1 N–H and O–H groups in total. The van der Waals surface area contributed by atoms with E-state index in [4.69, 9.17) is 0 Å². The van der Waals surface area contributed by atoms with Crippen molar-refractivity contribution in [3.05, 3.63) is 34.3 Å². The Bertz CT molecular complexity index is 518. The minimum Gasteiger partial charge on any atom is -0.311 e. The minimum atomic E-state index is 0.848. The van der Waals surface area contributed by atoms with Crippen molar-refractivity contribution in [1.29, 1.82) is 0 Å². The third-order valence-electron chi connectivity index (χ3n) is 3.29. The molecule has 0 bridgehead atoms. The van der Waals surface area contributed by atoms with Gasteiger partial charge in [0.05, 0.1) is 15.9 Å². The van der Waals surface area contributed by atoms with E-state index in [0.29, 0.717) is 0 Å². The molecule has 2 aromatic rings. The summed E-state index contributed by atoms with van der Waals surface area (Å²) in [6.45, 7) is 7.94. The molecule has 0 aliphatic carbocycles. The predicted molar refractivity (Wildman–Crippen MR) is 83.5 cm³/mol. The highest BCUT2D eigenvalue weighted by Crippen LogP contribution is 2.22. The molecular weight excluding hydrogens is 318 g/mol. The van der Waals surface area contributed by atoms with E-state index >= 15 is 0 Å². The smallest absolute Gasteiger partial charge is 0.0767 e. The van der Waals surface area contributed by atoms with E-state index in [1.807, 2.05) is 23.1 Å². The van der Waals surface area contributed by atoms with Crippen molar-refractivity contribution in [2.75, 3.05) is 6.54 Å². The molecule has 5 nitrogen and oxygen atoms in total. The van der Waals surface area contributed by atoms with Crippen LogP contribution in [0.2, 0.25) is 0 Å². The van der Waals surface area contributed by atoms with Crippen LogP contribution in [0.5, 0.6) is 0 Å². The van der Waals surface area contributed by atoms with Gasteiger partial charge in [-0.05, 0) is 48.3 Å². The van der Waals surface area contributed by atoms with Crippen molar-refractivity contribution in [2.24, 2.45) is 0 Å². The number of nitrogens with one attached hydrogen (secondary N) is 1. The number of hydrogen-bond donors (Lipinski definition) is 1. The molecule has 0 radical (unpaired) electrons. The summed E-state index contributed by atoms with van der Waals surface area (Å²) in [5.74, 6) is 0. The summed E-state index contributed by atoms with van der Waals surface area (Å²) in [7, 11) is 0. The van der Waals surface area contributed by atoms with Crippen LogP contribution in [-0.2, 0) is 26.1 Å². The molecule has 110 valence electrons. The standard InChI is InChI=1S/C14H22BrN5/c1-3-12-14(15)13(20(4-2)18-12)11-16-7-5-9-19-10-6-8-17-19/h6,8,10,16H,3-5,7,9,11H2,1-2H3. The van der Waals surface area contributed by atoms with Gasteiger partial charge in [-0.15, -0.1) is 0 Å². The summed E-state index contributed by atoms with van der Waals surface area (Å²) in [6.07, 6.45) is 5.84. The van der Waals surface area contributed by atoms with Gasteiger partial charge in [0.25, 0.3) is 0 Å². The molecule has 0 aliphatic heterocycles. The average molecular weight is 340 g/mol. The third-order valence-corrected chi connectivity index (χ3v) is 4.20. The highest BCUT2D eigenvalue weighted by molar-refractivity contribution is 9.10. The van der Waals surface area contributed by atoms with Gasteiger partial charge in [0.2, 0.25) is 0 Å². The second kappa shape index (κ2) is 7.59. The maximum Gasteiger partial charge on any atom is 0.0767 e. The van der Waals surface area contributed by atoms with Crippen LogP contribution in [0.25, 0.3) is 0 Å². The SMILES string of the molecule is CCc1nn(CC)c(CNCCCn2cccn2)c1Br. The van der Waals surface area contributed by atoms with Crippen molar-refractivity contribution in [2.45, 2.75) is 46.3 Å². The number of hydrogen-bond acceptors (Lipinski definition) is 3. The molecule has 0 amide bonds. The Morgan fingerprint density at radius 1 is 1.35 bits per heavy atom. The topological polar surface area (TPSA) is 47.7 Å². The fourth-order valence-corrected chi connectivity index (χ4v) is 2.90. The molecule has 0 aromatic carbocycles. The van der Waals surface area contributed by atoms with Gasteiger partial charge in [0, 0.05) is 32.0 Å². The van der Waals surface area contributed by atoms with E-state index in [9.17, 15) is 0 Å². The van der Waals surface area contributed by atoms with Crippen molar-refractivity contribution >= 4 is 15.9 Å². The summed E-state index contributed by atoms with van der Waals surface area (Å²) in [6, 6.07) is 1.95. The molecule has 0 saturated heterocycles. The van der Waals surface area contributed by atoms with Crippen LogP contribution in [-0.4, -0.2) is 26.1 Å². The van der Waals surface area contributed by atoms with E-state index in [1.54, 1.807) is 0 Å². The number of aryl methyl sites for hydroxylation is 3. The lowest BCUT2D eigenvalue weighted by molar-refractivity contribution is 0.526. The van der Waals surface area contributed by atoms with Gasteiger partial charge in [-0.2, -0.15) is 10.2 Å². The Morgan fingerprint density at radius 3 is 2.85 bits per heavy atom. The van der Waals surface area contributed by atoms with E-state index in [1.165, 1.54) is 5.69 Å². The van der Waals surface area contributed by atoms with E-state index < -0.39 is 0 Å². The monoisotopic (exact) mass is 339 g/mol. The van der Waals surface area contributed by atoms with Crippen molar-refractivity contribution < 1.29 is 0 Å². The number of aromatic nitrogens is 4. The summed E-state index contributed by atoms with van der Waals surface area (Å²) in [5.41, 5.74) is 2.38. The van der Waals surface area contributed by atoms with Gasteiger partial charge >= 0.3 is 0 Å². The average Bonchev–Trinajstić information content (AvgIpc) is 3.07. The second-order valence-corrected chi connectivity index (χ2v) is 5.47. The molecule has 2 heterocycles. The van der Waals surface area contributed by atoms with Gasteiger partial charge in [-0.1, -0.05) is 6.92 Å². The first kappa shape index (κ1) is 15.3. The maximum absolute atomic E-state index is 4.60. The molecule has 20 heavy (non-hydrogen) atoms. The molecule has 0 saturated carbocycles. The first-order valence-electron chi connectivity index (χ1n) is 7.18. The van der Waals surface area contributed by atoms with Gasteiger partial charge in [-0.3, -0.25) is 9.36 Å². The van der Waals surface area contributed by atoms with Gasteiger partial charge in [0.15, 0.2) is 0 Å². The highest BCUT2D eigenvalue weighted by Gasteiger charge is 2.12. The summed E-state index contributed by atoms with van der Waals surface area (Å²) >= 11 is 3.67. The van der Waals surface area contributed by atoms with Crippen LogP contribution in [0.3, 0.4) is 0 Å². The first-order chi connectivity index (χ1) is 9.76. The van der Waals surface area contributed by atoms with Crippen molar-refractivity contribution in [1.82, 2.24) is 24.9 Å². The van der Waals surface area contributed by atoms with E-state index in [-0.39, 0.29) is 0 Å². The normalized spacial score (nSPS) is 11.2. The summed E-state index contributed by atoms with van der Waals surface area (Å²) in [4.78, 5) is 0. The summed E-state index contributed by atoms with van der Waals surface area (Å²) < 4.78 is 5.19. The van der Waals surface area contributed by atoms with Crippen LogP contribution in [0, 0.1) is 0 Å². The molecule has 2 rings (SSSR count). The molecule has 0 fully saturated rings. The third kappa shape index (κ3) is 3.70. The molecule has 6 heteroatoms. The van der Waals surface area contributed by atoms with Crippen molar-refractivity contribution in [3.8, 4) is 0 Å². The fourth-order valence-electron chi connectivity index (χ4n) is 2.19. The predicted octanol–water partition coefficient (Wildman–Crippen LogP) is 2.60. The molecular formula is C14H22BrN5. The van der Waals surface area contributed by atoms with Crippen LogP contribution in [0.1, 0.15) is 31.7 Å². The molecule has 0 atom stereocenters. The maximum atomic E-state index is 4.60. The molecule has 0 unspecified atom stereocenters. The van der Waals surface area contributed by atoms with Gasteiger partial charge in [-0.25, -0.2) is 0 Å². The molecule has 0 aliphatic rings. The van der Waals surface area contributed by atoms with Crippen LogP contribution < -0.4 is 5.32 Å². The Kier molecular flexibility index (Phi) is 5.79. The first-order valence-corrected chi connectivity index (χ1v) is 7.97. The quantitative estimate of drug-likeness (QED) is 0.752. The van der Waals surface area contributed by atoms with E-state index in [0.717, 1.165) is 49.2 Å². The Balaban J connectivity index is 1.80. The van der Waals surface area contributed by atoms with E-state index in [2.05, 4.69) is 50.0 Å². The minimum absolute atomic E-state index is 0.848. The zero-order chi connectivity index (χ0) is 14.4. The number of halogens is 1. The van der Waals surface area contributed by atoms with Gasteiger partial charge in [0.1, 0.15) is 0 Å². The van der Waals surface area contributed by atoms with Crippen LogP contribution in [0.15, 0.2) is 22.9 Å². The zero-order valence-corrected chi connectivity index (χ0v) is 13.7. The van der Waals surface area contributed by atoms with Crippen molar-refractivity contribution in [3.63, 3.8) is 0 Å². The zero-order valence-electron chi connectivity index (χ0n) is 12.1. The van der Waals surface area contributed by atoms with Crippen LogP contribution >= 0.6 is 15.9 Å². The highest BCUT2D eigenvalue weighted by atomic mass is 79.9. The summed E-state index contributed by atoms with van der Waals surface area (Å²) in [5, 5.41) is 12.3. The fraction of sp³-hybridized carbons (Fsp3) is 0.571. The number of rotatable bonds is 8. The molecule has 2 aromatic heterocycles. The lowest BCUT2D eigenvalue weighted by atomic mass is 10.3. The largest absolute Gasteiger partial charge is 0.311 e. The molecule has 0 spiro atoms. The second-order valence-electron chi connectivity index (χ2n) is 4.68. The lowest BCUT2D eigenvalue weighted by Crippen LogP contribution is -2.19. The van der Waals surface area contributed by atoms with Crippen LogP contribution in [0.4, 0.5) is 0 Å². The Labute approximate surface area is 128 Å². The number of nitrogens with zero attached hydrogens (tertiary/aromatic N) is 4. The Hall–Kier alpha value is -1.14.